The summed E-state index contributed by atoms with van der Waals surface area (Å²) in [5.41, 5.74) is 1.16. The van der Waals surface area contributed by atoms with Crippen molar-refractivity contribution in [3.63, 3.8) is 0 Å². The molecule has 0 fully saturated rings. The van der Waals surface area contributed by atoms with Crippen LogP contribution in [0.4, 0.5) is 0 Å². The first-order chi connectivity index (χ1) is 5.59. The Labute approximate surface area is 72.7 Å². The van der Waals surface area contributed by atoms with Crippen LogP contribution in [0, 0.1) is 13.8 Å². The summed E-state index contributed by atoms with van der Waals surface area (Å²) in [7, 11) is 3.75. The minimum Gasteiger partial charge on any atom is -0.460 e. The van der Waals surface area contributed by atoms with Gasteiger partial charge >= 0.3 is 0 Å². The molecule has 1 aromatic rings. The maximum absolute atomic E-state index is 5.39. The number of furan rings is 1. The molecular weight excluding hydrogens is 152 g/mol. The molecular formula is C9H14N2O. The Kier molecular flexibility index (Phi) is 2.53. The molecule has 12 heavy (non-hydrogen) atoms. The molecule has 3 heteroatoms. The van der Waals surface area contributed by atoms with Gasteiger partial charge in [0.15, 0.2) is 0 Å². The fourth-order valence-corrected chi connectivity index (χ4v) is 0.838. The van der Waals surface area contributed by atoms with Crippen molar-refractivity contribution in [1.29, 1.82) is 0 Å². The van der Waals surface area contributed by atoms with E-state index in [0.717, 1.165) is 17.1 Å². The fraction of sp³-hybridized carbons (Fsp3) is 0.444. The number of hydrogen-bond acceptors (Lipinski definition) is 3. The summed E-state index contributed by atoms with van der Waals surface area (Å²) >= 11 is 0. The van der Waals surface area contributed by atoms with Gasteiger partial charge in [-0.05, 0) is 25.5 Å². The second-order valence-electron chi connectivity index (χ2n) is 2.98. The Morgan fingerprint density at radius 3 is 2.50 bits per heavy atom. The molecule has 0 aromatic carbocycles. The molecule has 0 unspecified atom stereocenters. The van der Waals surface area contributed by atoms with E-state index in [1.165, 1.54) is 0 Å². The van der Waals surface area contributed by atoms with Crippen molar-refractivity contribution in [2.24, 2.45) is 5.10 Å². The third kappa shape index (κ3) is 2.12. The number of nitrogens with zero attached hydrogens (tertiary/aromatic N) is 2. The topological polar surface area (TPSA) is 28.7 Å². The molecule has 3 nitrogen and oxygen atoms in total. The van der Waals surface area contributed by atoms with E-state index >= 15 is 0 Å². The summed E-state index contributed by atoms with van der Waals surface area (Å²) in [4.78, 5) is 0. The monoisotopic (exact) mass is 166 g/mol. The van der Waals surface area contributed by atoms with E-state index in [1.54, 1.807) is 11.2 Å². The highest BCUT2D eigenvalue weighted by atomic mass is 16.3. The molecule has 0 bridgehead atoms. The Hall–Kier alpha value is -1.25. The molecule has 0 saturated carbocycles. The molecule has 0 radical (unpaired) electrons. The third-order valence-electron chi connectivity index (χ3n) is 1.60. The molecule has 1 aromatic heterocycles. The van der Waals surface area contributed by atoms with E-state index in [4.69, 9.17) is 4.42 Å². The van der Waals surface area contributed by atoms with E-state index in [9.17, 15) is 0 Å². The van der Waals surface area contributed by atoms with Gasteiger partial charge in [0.05, 0.1) is 6.21 Å². The highest BCUT2D eigenvalue weighted by Crippen LogP contribution is 2.10. The first kappa shape index (κ1) is 8.84. The summed E-state index contributed by atoms with van der Waals surface area (Å²) in [6.45, 7) is 3.97. The number of aryl methyl sites for hydroxylation is 2. The normalized spacial score (nSPS) is 11.0. The van der Waals surface area contributed by atoms with Gasteiger partial charge < -0.3 is 9.43 Å². The first-order valence-corrected chi connectivity index (χ1v) is 3.88. The van der Waals surface area contributed by atoms with Gasteiger partial charge in [-0.3, -0.25) is 0 Å². The van der Waals surface area contributed by atoms with E-state index in [1.807, 2.05) is 34.0 Å². The lowest BCUT2D eigenvalue weighted by Crippen LogP contribution is -2.01. The van der Waals surface area contributed by atoms with Crippen LogP contribution in [0.5, 0.6) is 0 Å². The number of rotatable bonds is 2. The van der Waals surface area contributed by atoms with E-state index < -0.39 is 0 Å². The number of hydrogen-bond donors (Lipinski definition) is 0. The van der Waals surface area contributed by atoms with Gasteiger partial charge in [-0.2, -0.15) is 5.10 Å². The lowest BCUT2D eigenvalue weighted by atomic mass is 10.3. The molecule has 0 aliphatic heterocycles. The van der Waals surface area contributed by atoms with Crippen LogP contribution in [0.25, 0.3) is 0 Å². The fourth-order valence-electron chi connectivity index (χ4n) is 0.838. The molecule has 0 aliphatic carbocycles. The van der Waals surface area contributed by atoms with Gasteiger partial charge in [-0.25, -0.2) is 0 Å². The smallest absolute Gasteiger partial charge is 0.147 e. The molecule has 0 aliphatic rings. The summed E-state index contributed by atoms with van der Waals surface area (Å²) in [6, 6.07) is 1.97. The van der Waals surface area contributed by atoms with Crippen molar-refractivity contribution in [3.8, 4) is 0 Å². The average molecular weight is 166 g/mol. The Bertz CT molecular complexity index is 267. The van der Waals surface area contributed by atoms with Gasteiger partial charge in [-0.1, -0.05) is 0 Å². The SMILES string of the molecule is Cc1cc(/C=N/N(C)C)oc1C. The molecule has 0 atom stereocenters. The van der Waals surface area contributed by atoms with Crippen LogP contribution in [-0.4, -0.2) is 25.3 Å². The van der Waals surface area contributed by atoms with Crippen LogP contribution in [0.3, 0.4) is 0 Å². The van der Waals surface area contributed by atoms with E-state index in [2.05, 4.69) is 5.10 Å². The number of hydrazone groups is 1. The Morgan fingerprint density at radius 1 is 1.42 bits per heavy atom. The van der Waals surface area contributed by atoms with Gasteiger partial charge in [-0.15, -0.1) is 0 Å². The second-order valence-corrected chi connectivity index (χ2v) is 2.98. The summed E-state index contributed by atoms with van der Waals surface area (Å²) in [6.07, 6.45) is 1.71. The summed E-state index contributed by atoms with van der Waals surface area (Å²) in [5, 5.41) is 5.79. The zero-order chi connectivity index (χ0) is 9.14. The molecule has 0 saturated heterocycles. The molecule has 1 rings (SSSR count). The van der Waals surface area contributed by atoms with Crippen LogP contribution < -0.4 is 0 Å². The van der Waals surface area contributed by atoms with Gasteiger partial charge in [0.25, 0.3) is 0 Å². The van der Waals surface area contributed by atoms with Gasteiger partial charge in [0, 0.05) is 14.1 Å². The van der Waals surface area contributed by atoms with Crippen molar-refractivity contribution in [1.82, 2.24) is 5.01 Å². The Morgan fingerprint density at radius 2 is 2.08 bits per heavy atom. The lowest BCUT2D eigenvalue weighted by molar-refractivity contribution is 0.437. The second kappa shape index (κ2) is 3.43. The van der Waals surface area contributed by atoms with E-state index in [0.29, 0.717) is 0 Å². The van der Waals surface area contributed by atoms with Gasteiger partial charge in [0.1, 0.15) is 11.5 Å². The highest BCUT2D eigenvalue weighted by molar-refractivity contribution is 5.76. The standard InChI is InChI=1S/C9H14N2O/c1-7-5-9(12-8(7)2)6-10-11(3)4/h5-6H,1-4H3/b10-6+. The largest absolute Gasteiger partial charge is 0.460 e. The summed E-state index contributed by atoms with van der Waals surface area (Å²) in [5.74, 6) is 1.76. The third-order valence-corrected chi connectivity index (χ3v) is 1.60. The minimum absolute atomic E-state index is 0.804. The van der Waals surface area contributed by atoms with Crippen LogP contribution in [0.15, 0.2) is 15.6 Å². The van der Waals surface area contributed by atoms with Crippen molar-refractivity contribution in [3.05, 3.63) is 23.2 Å². The average Bonchev–Trinajstić information content (AvgIpc) is 2.28. The lowest BCUT2D eigenvalue weighted by Gasteiger charge is -2.00. The van der Waals surface area contributed by atoms with Gasteiger partial charge in [0.2, 0.25) is 0 Å². The van der Waals surface area contributed by atoms with Crippen molar-refractivity contribution >= 4 is 6.21 Å². The van der Waals surface area contributed by atoms with Crippen molar-refractivity contribution < 1.29 is 4.42 Å². The van der Waals surface area contributed by atoms with Crippen LogP contribution in [0.1, 0.15) is 17.1 Å². The van der Waals surface area contributed by atoms with Crippen LogP contribution in [-0.2, 0) is 0 Å². The van der Waals surface area contributed by atoms with Crippen LogP contribution in [0.2, 0.25) is 0 Å². The zero-order valence-electron chi connectivity index (χ0n) is 7.96. The molecule has 0 spiro atoms. The predicted molar refractivity (Wildman–Crippen MR) is 49.5 cm³/mol. The maximum Gasteiger partial charge on any atom is 0.147 e. The van der Waals surface area contributed by atoms with E-state index in [-0.39, 0.29) is 0 Å². The van der Waals surface area contributed by atoms with Crippen molar-refractivity contribution in [2.75, 3.05) is 14.1 Å². The van der Waals surface area contributed by atoms with Crippen LogP contribution >= 0.6 is 0 Å². The van der Waals surface area contributed by atoms with Crippen molar-refractivity contribution in [2.45, 2.75) is 13.8 Å². The highest BCUT2D eigenvalue weighted by Gasteiger charge is 1.99. The molecule has 0 amide bonds. The molecule has 0 N–H and O–H groups in total. The first-order valence-electron chi connectivity index (χ1n) is 3.88. The maximum atomic E-state index is 5.39. The Balaban J connectivity index is 2.77. The zero-order valence-corrected chi connectivity index (χ0v) is 7.96. The minimum atomic E-state index is 0.804. The predicted octanol–water partition coefficient (Wildman–Crippen LogP) is 1.79. The molecule has 1 heterocycles. The summed E-state index contributed by atoms with van der Waals surface area (Å²) < 4.78 is 5.39. The quantitative estimate of drug-likeness (QED) is 0.495. The molecule has 66 valence electrons.